The summed E-state index contributed by atoms with van der Waals surface area (Å²) in [5.41, 5.74) is 3.63. The first-order valence-corrected chi connectivity index (χ1v) is 5.83. The van der Waals surface area contributed by atoms with Gasteiger partial charge in [0, 0.05) is 19.2 Å². The highest BCUT2D eigenvalue weighted by Gasteiger charge is 2.13. The second-order valence-electron chi connectivity index (χ2n) is 3.55. The summed E-state index contributed by atoms with van der Waals surface area (Å²) in [6.07, 6.45) is 0. The summed E-state index contributed by atoms with van der Waals surface area (Å²) in [4.78, 5) is 1.28. The van der Waals surface area contributed by atoms with Crippen LogP contribution in [0.4, 0.5) is 0 Å². The number of aryl methyl sites for hydroxylation is 1. The van der Waals surface area contributed by atoms with Crippen molar-refractivity contribution in [3.05, 3.63) is 28.8 Å². The predicted molar refractivity (Wildman–Crippen MR) is 64.0 cm³/mol. The number of hydrogen-bond donors (Lipinski definition) is 1. The highest BCUT2D eigenvalue weighted by Crippen LogP contribution is 2.28. The molecule has 80 valence electrons. The first-order chi connectivity index (χ1) is 7.24. The van der Waals surface area contributed by atoms with Crippen molar-refractivity contribution < 1.29 is 0 Å². The van der Waals surface area contributed by atoms with Crippen LogP contribution in [0, 0.1) is 6.92 Å². The Kier molecular flexibility index (Phi) is 2.88. The van der Waals surface area contributed by atoms with Gasteiger partial charge in [-0.1, -0.05) is 6.07 Å². The molecule has 0 aliphatic heterocycles. The minimum Gasteiger partial charge on any atom is -0.314 e. The lowest BCUT2D eigenvalue weighted by atomic mass is 10.2. The van der Waals surface area contributed by atoms with Gasteiger partial charge in [0.25, 0.3) is 0 Å². The third kappa shape index (κ3) is 1.82. The largest absolute Gasteiger partial charge is 0.314 e. The second kappa shape index (κ2) is 4.16. The molecule has 4 heteroatoms. The third-order valence-corrected chi connectivity index (χ3v) is 3.36. The average molecular weight is 221 g/mol. The van der Waals surface area contributed by atoms with Crippen molar-refractivity contribution >= 4 is 11.3 Å². The number of rotatable bonds is 3. The lowest BCUT2D eigenvalue weighted by Gasteiger charge is -1.99. The Bertz CT molecular complexity index is 443. The van der Waals surface area contributed by atoms with Crippen molar-refractivity contribution in [2.45, 2.75) is 13.5 Å². The Morgan fingerprint density at radius 3 is 2.93 bits per heavy atom. The molecule has 0 aliphatic carbocycles. The van der Waals surface area contributed by atoms with Crippen LogP contribution < -0.4 is 5.32 Å². The molecule has 1 N–H and O–H groups in total. The van der Waals surface area contributed by atoms with Crippen molar-refractivity contribution in [1.82, 2.24) is 15.1 Å². The lowest BCUT2D eigenvalue weighted by Crippen LogP contribution is -2.06. The number of thiophene rings is 1. The minimum absolute atomic E-state index is 0.824. The maximum Gasteiger partial charge on any atom is 0.0811 e. The molecule has 0 amide bonds. The normalized spacial score (nSPS) is 10.9. The molecule has 2 aromatic rings. The van der Waals surface area contributed by atoms with Crippen LogP contribution in [0.3, 0.4) is 0 Å². The average Bonchev–Trinajstić information content (AvgIpc) is 2.77. The summed E-state index contributed by atoms with van der Waals surface area (Å²) in [5, 5.41) is 9.75. The topological polar surface area (TPSA) is 29.9 Å². The molecule has 0 atom stereocenters. The van der Waals surface area contributed by atoms with Gasteiger partial charge in [0.2, 0.25) is 0 Å². The van der Waals surface area contributed by atoms with Crippen LogP contribution in [0.1, 0.15) is 11.3 Å². The molecular formula is C11H15N3S. The van der Waals surface area contributed by atoms with Crippen LogP contribution in [0.25, 0.3) is 10.6 Å². The van der Waals surface area contributed by atoms with Gasteiger partial charge in [-0.15, -0.1) is 11.3 Å². The maximum atomic E-state index is 4.52. The first-order valence-electron chi connectivity index (χ1n) is 4.95. The molecule has 0 aliphatic rings. The quantitative estimate of drug-likeness (QED) is 0.861. The third-order valence-electron chi connectivity index (χ3n) is 2.48. The molecule has 0 bridgehead atoms. The Balaban J connectivity index is 2.48. The molecule has 2 aromatic heterocycles. The predicted octanol–water partition coefficient (Wildman–Crippen LogP) is 2.18. The number of nitrogens with one attached hydrogen (secondary N) is 1. The standard InChI is InChI=1S/C11H15N3S/c1-8-9(7-12-2)13-14(3)11(8)10-5-4-6-15-10/h4-6,12H,7H2,1-3H3. The zero-order valence-electron chi connectivity index (χ0n) is 9.24. The molecular weight excluding hydrogens is 206 g/mol. The van der Waals surface area contributed by atoms with E-state index >= 15 is 0 Å². The Hall–Kier alpha value is -1.13. The fourth-order valence-corrected chi connectivity index (χ4v) is 2.64. The van der Waals surface area contributed by atoms with Gasteiger partial charge in [0.05, 0.1) is 16.3 Å². The van der Waals surface area contributed by atoms with E-state index in [1.807, 2.05) is 18.8 Å². The van der Waals surface area contributed by atoms with E-state index in [4.69, 9.17) is 0 Å². The molecule has 0 radical (unpaired) electrons. The fourth-order valence-electron chi connectivity index (χ4n) is 1.78. The van der Waals surface area contributed by atoms with Crippen LogP contribution in [0.2, 0.25) is 0 Å². The smallest absolute Gasteiger partial charge is 0.0811 e. The van der Waals surface area contributed by atoms with Crippen molar-refractivity contribution in [2.24, 2.45) is 7.05 Å². The molecule has 0 fully saturated rings. The summed E-state index contributed by atoms with van der Waals surface area (Å²) in [7, 11) is 3.94. The molecule has 3 nitrogen and oxygen atoms in total. The van der Waals surface area contributed by atoms with Crippen LogP contribution >= 0.6 is 11.3 Å². The zero-order valence-corrected chi connectivity index (χ0v) is 10.1. The zero-order chi connectivity index (χ0) is 10.8. The molecule has 15 heavy (non-hydrogen) atoms. The maximum absolute atomic E-state index is 4.52. The Labute approximate surface area is 93.7 Å². The van der Waals surface area contributed by atoms with Gasteiger partial charge in [-0.25, -0.2) is 0 Å². The molecule has 2 rings (SSSR count). The summed E-state index contributed by atoms with van der Waals surface area (Å²) in [6.45, 7) is 2.96. The van der Waals surface area contributed by atoms with Gasteiger partial charge in [-0.2, -0.15) is 5.10 Å². The summed E-state index contributed by atoms with van der Waals surface area (Å²) in [6, 6.07) is 4.21. The SMILES string of the molecule is CNCc1nn(C)c(-c2cccs2)c1C. The van der Waals surface area contributed by atoms with Crippen molar-refractivity contribution in [3.8, 4) is 10.6 Å². The van der Waals surface area contributed by atoms with E-state index in [0.717, 1.165) is 12.2 Å². The molecule has 0 saturated carbocycles. The van der Waals surface area contributed by atoms with E-state index in [1.165, 1.54) is 16.1 Å². The van der Waals surface area contributed by atoms with E-state index in [2.05, 4.69) is 34.9 Å². The van der Waals surface area contributed by atoms with E-state index in [-0.39, 0.29) is 0 Å². The summed E-state index contributed by atoms with van der Waals surface area (Å²) >= 11 is 1.75. The molecule has 0 saturated heterocycles. The lowest BCUT2D eigenvalue weighted by molar-refractivity contribution is 0.715. The van der Waals surface area contributed by atoms with Crippen LogP contribution in [-0.4, -0.2) is 16.8 Å². The molecule has 0 aromatic carbocycles. The van der Waals surface area contributed by atoms with Gasteiger partial charge >= 0.3 is 0 Å². The highest BCUT2D eigenvalue weighted by molar-refractivity contribution is 7.13. The van der Waals surface area contributed by atoms with Crippen LogP contribution in [-0.2, 0) is 13.6 Å². The Morgan fingerprint density at radius 2 is 2.33 bits per heavy atom. The fraction of sp³-hybridized carbons (Fsp3) is 0.364. The highest BCUT2D eigenvalue weighted by atomic mass is 32.1. The molecule has 0 spiro atoms. The van der Waals surface area contributed by atoms with Crippen molar-refractivity contribution in [3.63, 3.8) is 0 Å². The number of hydrogen-bond acceptors (Lipinski definition) is 3. The van der Waals surface area contributed by atoms with Crippen molar-refractivity contribution in [1.29, 1.82) is 0 Å². The first kappa shape index (κ1) is 10.4. The number of aromatic nitrogens is 2. The van der Waals surface area contributed by atoms with Gasteiger partial charge in [-0.3, -0.25) is 4.68 Å². The Morgan fingerprint density at radius 1 is 1.53 bits per heavy atom. The van der Waals surface area contributed by atoms with Gasteiger partial charge in [0.15, 0.2) is 0 Å². The van der Waals surface area contributed by atoms with Gasteiger partial charge < -0.3 is 5.32 Å². The van der Waals surface area contributed by atoms with E-state index < -0.39 is 0 Å². The second-order valence-corrected chi connectivity index (χ2v) is 4.50. The van der Waals surface area contributed by atoms with Gasteiger partial charge in [0.1, 0.15) is 0 Å². The van der Waals surface area contributed by atoms with E-state index in [9.17, 15) is 0 Å². The van der Waals surface area contributed by atoms with E-state index in [1.54, 1.807) is 11.3 Å². The van der Waals surface area contributed by atoms with Crippen LogP contribution in [0.15, 0.2) is 17.5 Å². The molecule has 2 heterocycles. The van der Waals surface area contributed by atoms with E-state index in [0.29, 0.717) is 0 Å². The van der Waals surface area contributed by atoms with Crippen molar-refractivity contribution in [2.75, 3.05) is 7.05 Å². The summed E-state index contributed by atoms with van der Waals surface area (Å²) in [5.74, 6) is 0. The monoisotopic (exact) mass is 221 g/mol. The van der Waals surface area contributed by atoms with Gasteiger partial charge in [-0.05, 0) is 25.4 Å². The molecule has 0 unspecified atom stereocenters. The summed E-state index contributed by atoms with van der Waals surface area (Å²) < 4.78 is 1.97. The number of nitrogens with zero attached hydrogens (tertiary/aromatic N) is 2. The minimum atomic E-state index is 0.824. The van der Waals surface area contributed by atoms with Crippen LogP contribution in [0.5, 0.6) is 0 Å².